The van der Waals surface area contributed by atoms with E-state index in [9.17, 15) is 4.39 Å². The molecule has 124 valence electrons. The van der Waals surface area contributed by atoms with Crippen molar-refractivity contribution in [3.8, 4) is 5.69 Å². The third-order valence-corrected chi connectivity index (χ3v) is 4.54. The highest BCUT2D eigenvalue weighted by atomic mass is 19.1. The first-order valence-corrected chi connectivity index (χ1v) is 8.30. The fourth-order valence-corrected chi connectivity index (χ4v) is 3.35. The lowest BCUT2D eigenvalue weighted by molar-refractivity contribution is 0.216. The quantitative estimate of drug-likeness (QED) is 0.724. The molecule has 0 spiro atoms. The van der Waals surface area contributed by atoms with Crippen LogP contribution in [-0.2, 0) is 13.1 Å². The molecule has 1 aliphatic heterocycles. The van der Waals surface area contributed by atoms with Crippen LogP contribution in [0.15, 0.2) is 55.0 Å². The van der Waals surface area contributed by atoms with Gasteiger partial charge in [0, 0.05) is 31.2 Å². The van der Waals surface area contributed by atoms with Crippen LogP contribution in [0.3, 0.4) is 0 Å². The molecule has 0 aliphatic carbocycles. The zero-order valence-electron chi connectivity index (χ0n) is 13.4. The van der Waals surface area contributed by atoms with E-state index >= 15 is 0 Å². The third kappa shape index (κ3) is 3.23. The molecule has 1 atom stereocenters. The van der Waals surface area contributed by atoms with E-state index in [0.29, 0.717) is 6.04 Å². The van der Waals surface area contributed by atoms with E-state index in [-0.39, 0.29) is 5.82 Å². The smallest absolute Gasteiger partial charge is 0.125 e. The fraction of sp³-hybridized carbons (Fsp3) is 0.333. The summed E-state index contributed by atoms with van der Waals surface area (Å²) in [5.74, 6) is -0.247. The SMILES string of the molecule is Fc1cccc(-n2ccc(CN3CCC[C@H]3Cn3cccn3)n2)c1. The van der Waals surface area contributed by atoms with E-state index < -0.39 is 0 Å². The second-order valence-electron chi connectivity index (χ2n) is 6.23. The van der Waals surface area contributed by atoms with Crippen molar-refractivity contribution in [2.45, 2.75) is 32.0 Å². The van der Waals surface area contributed by atoms with E-state index in [1.807, 2.05) is 41.5 Å². The summed E-state index contributed by atoms with van der Waals surface area (Å²) in [5, 5.41) is 8.91. The summed E-state index contributed by atoms with van der Waals surface area (Å²) in [5.41, 5.74) is 1.75. The minimum absolute atomic E-state index is 0.247. The lowest BCUT2D eigenvalue weighted by Crippen LogP contribution is -2.32. The number of hydrogen-bond acceptors (Lipinski definition) is 3. The molecule has 4 rings (SSSR count). The van der Waals surface area contributed by atoms with Gasteiger partial charge in [0.25, 0.3) is 0 Å². The molecule has 1 aromatic carbocycles. The molecule has 1 aliphatic rings. The van der Waals surface area contributed by atoms with Crippen LogP contribution in [0.4, 0.5) is 4.39 Å². The van der Waals surface area contributed by atoms with Crippen LogP contribution in [0.25, 0.3) is 5.69 Å². The maximum absolute atomic E-state index is 13.4. The fourth-order valence-electron chi connectivity index (χ4n) is 3.35. The van der Waals surface area contributed by atoms with Crippen molar-refractivity contribution < 1.29 is 4.39 Å². The van der Waals surface area contributed by atoms with Crippen LogP contribution in [-0.4, -0.2) is 37.0 Å². The summed E-state index contributed by atoms with van der Waals surface area (Å²) < 4.78 is 17.1. The summed E-state index contributed by atoms with van der Waals surface area (Å²) in [6.45, 7) is 2.81. The normalized spacial score (nSPS) is 18.3. The topological polar surface area (TPSA) is 38.9 Å². The molecule has 1 saturated heterocycles. The minimum Gasteiger partial charge on any atom is -0.293 e. The Balaban J connectivity index is 1.45. The lowest BCUT2D eigenvalue weighted by atomic mass is 10.2. The highest BCUT2D eigenvalue weighted by molar-refractivity contribution is 5.31. The molecule has 6 heteroatoms. The average molecular weight is 325 g/mol. The number of likely N-dealkylation sites (tertiary alicyclic amines) is 1. The molecule has 5 nitrogen and oxygen atoms in total. The number of rotatable bonds is 5. The first kappa shape index (κ1) is 15.1. The Labute approximate surface area is 140 Å². The van der Waals surface area contributed by atoms with Crippen LogP contribution in [0, 0.1) is 5.82 Å². The van der Waals surface area contributed by atoms with Crippen molar-refractivity contribution in [3.05, 3.63) is 66.5 Å². The number of halogens is 1. The Bertz CT molecular complexity index is 795. The molecule has 2 aromatic heterocycles. The highest BCUT2D eigenvalue weighted by Crippen LogP contribution is 2.21. The molecule has 3 heterocycles. The number of nitrogens with zero attached hydrogens (tertiary/aromatic N) is 5. The Kier molecular flexibility index (Phi) is 4.13. The number of benzene rings is 1. The molecule has 0 unspecified atom stereocenters. The zero-order valence-corrected chi connectivity index (χ0v) is 13.4. The van der Waals surface area contributed by atoms with Crippen molar-refractivity contribution in [3.63, 3.8) is 0 Å². The van der Waals surface area contributed by atoms with E-state index in [2.05, 4.69) is 15.1 Å². The van der Waals surface area contributed by atoms with Gasteiger partial charge in [-0.2, -0.15) is 10.2 Å². The van der Waals surface area contributed by atoms with Gasteiger partial charge in [-0.05, 0) is 49.7 Å². The van der Waals surface area contributed by atoms with Crippen molar-refractivity contribution in [2.24, 2.45) is 0 Å². The van der Waals surface area contributed by atoms with Crippen LogP contribution in [0.2, 0.25) is 0 Å². The molecule has 24 heavy (non-hydrogen) atoms. The van der Waals surface area contributed by atoms with Crippen LogP contribution >= 0.6 is 0 Å². The standard InChI is InChI=1S/C18H20FN5/c19-15-4-1-5-17(12-15)24-11-7-16(21-24)13-22-9-2-6-18(22)14-23-10-3-8-20-23/h1,3-5,7-8,10-12,18H,2,6,9,13-14H2/t18-/m0/s1. The van der Waals surface area contributed by atoms with Gasteiger partial charge < -0.3 is 0 Å². The molecule has 0 N–H and O–H groups in total. The summed E-state index contributed by atoms with van der Waals surface area (Å²) in [6, 6.07) is 11.0. The first-order valence-electron chi connectivity index (χ1n) is 8.30. The Morgan fingerprint density at radius 3 is 2.96 bits per heavy atom. The van der Waals surface area contributed by atoms with Gasteiger partial charge in [-0.3, -0.25) is 9.58 Å². The molecule has 0 bridgehead atoms. The maximum Gasteiger partial charge on any atom is 0.125 e. The Hall–Kier alpha value is -2.47. The molecular formula is C18H20FN5. The molecule has 0 radical (unpaired) electrons. The second-order valence-corrected chi connectivity index (χ2v) is 6.23. The monoisotopic (exact) mass is 325 g/mol. The summed E-state index contributed by atoms with van der Waals surface area (Å²) >= 11 is 0. The van der Waals surface area contributed by atoms with Crippen molar-refractivity contribution >= 4 is 0 Å². The minimum atomic E-state index is -0.247. The number of hydrogen-bond donors (Lipinski definition) is 0. The molecule has 0 saturated carbocycles. The molecule has 0 amide bonds. The van der Waals surface area contributed by atoms with Gasteiger partial charge in [-0.15, -0.1) is 0 Å². The van der Waals surface area contributed by atoms with Gasteiger partial charge in [0.2, 0.25) is 0 Å². The molecule has 3 aromatic rings. The van der Waals surface area contributed by atoms with Gasteiger partial charge in [0.1, 0.15) is 5.82 Å². The van der Waals surface area contributed by atoms with Gasteiger partial charge in [-0.1, -0.05) is 6.07 Å². The predicted molar refractivity (Wildman–Crippen MR) is 89.2 cm³/mol. The highest BCUT2D eigenvalue weighted by Gasteiger charge is 2.25. The summed E-state index contributed by atoms with van der Waals surface area (Å²) in [6.07, 6.45) is 8.11. The summed E-state index contributed by atoms with van der Waals surface area (Å²) in [7, 11) is 0. The van der Waals surface area contributed by atoms with E-state index in [1.54, 1.807) is 10.7 Å². The van der Waals surface area contributed by atoms with Crippen LogP contribution < -0.4 is 0 Å². The Morgan fingerprint density at radius 1 is 1.17 bits per heavy atom. The summed E-state index contributed by atoms with van der Waals surface area (Å²) in [4.78, 5) is 2.46. The Morgan fingerprint density at radius 2 is 2.12 bits per heavy atom. The van der Waals surface area contributed by atoms with E-state index in [1.165, 1.54) is 25.0 Å². The second kappa shape index (κ2) is 6.57. The van der Waals surface area contributed by atoms with Gasteiger partial charge in [0.05, 0.1) is 17.9 Å². The molecule has 1 fully saturated rings. The van der Waals surface area contributed by atoms with Gasteiger partial charge >= 0.3 is 0 Å². The number of aromatic nitrogens is 4. The van der Waals surface area contributed by atoms with Crippen molar-refractivity contribution in [1.82, 2.24) is 24.5 Å². The lowest BCUT2D eigenvalue weighted by Gasteiger charge is -2.23. The first-order chi connectivity index (χ1) is 11.8. The van der Waals surface area contributed by atoms with Gasteiger partial charge in [0.15, 0.2) is 0 Å². The van der Waals surface area contributed by atoms with Crippen LogP contribution in [0.5, 0.6) is 0 Å². The largest absolute Gasteiger partial charge is 0.293 e. The van der Waals surface area contributed by atoms with Gasteiger partial charge in [-0.25, -0.2) is 9.07 Å². The maximum atomic E-state index is 13.4. The zero-order chi connectivity index (χ0) is 16.4. The van der Waals surface area contributed by atoms with E-state index in [0.717, 1.165) is 31.0 Å². The molecular weight excluding hydrogens is 305 g/mol. The van der Waals surface area contributed by atoms with Crippen molar-refractivity contribution in [1.29, 1.82) is 0 Å². The van der Waals surface area contributed by atoms with Crippen LogP contribution in [0.1, 0.15) is 18.5 Å². The van der Waals surface area contributed by atoms with E-state index in [4.69, 9.17) is 0 Å². The third-order valence-electron chi connectivity index (χ3n) is 4.54. The predicted octanol–water partition coefficient (Wildman–Crippen LogP) is 2.87. The average Bonchev–Trinajstić information content (AvgIpc) is 3.32. The van der Waals surface area contributed by atoms with Crippen molar-refractivity contribution in [2.75, 3.05) is 6.54 Å².